The predicted octanol–water partition coefficient (Wildman–Crippen LogP) is 3.45. The fourth-order valence-electron chi connectivity index (χ4n) is 2.06. The van der Waals surface area contributed by atoms with Crippen molar-refractivity contribution in [3.8, 4) is 17.0 Å². The van der Waals surface area contributed by atoms with Gasteiger partial charge in [-0.25, -0.2) is 9.97 Å². The fraction of sp³-hybridized carbons (Fsp3) is 0.353. The third kappa shape index (κ3) is 4.04. The highest BCUT2D eigenvalue weighted by atomic mass is 16.5. The summed E-state index contributed by atoms with van der Waals surface area (Å²) in [4.78, 5) is 20.6. The molecule has 5 heteroatoms. The van der Waals surface area contributed by atoms with E-state index in [9.17, 15) is 4.79 Å². The van der Waals surface area contributed by atoms with Gasteiger partial charge in [-0.05, 0) is 37.1 Å². The summed E-state index contributed by atoms with van der Waals surface area (Å²) in [5.74, 6) is 1.59. The molecule has 1 N–H and O–H groups in total. The molecular weight excluding hydrogens is 278 g/mol. The molecule has 0 saturated carbocycles. The maximum atomic E-state index is 11.8. The number of hydrogen-bond donors (Lipinski definition) is 1. The van der Waals surface area contributed by atoms with Crippen LogP contribution < -0.4 is 10.1 Å². The Morgan fingerprint density at radius 2 is 1.95 bits per heavy atom. The molecule has 0 aliphatic rings. The van der Waals surface area contributed by atoms with E-state index in [4.69, 9.17) is 4.74 Å². The number of ether oxygens (including phenoxy) is 1. The molecule has 2 aromatic rings. The number of rotatable bonds is 5. The zero-order valence-corrected chi connectivity index (χ0v) is 13.4. The zero-order valence-electron chi connectivity index (χ0n) is 13.4. The van der Waals surface area contributed by atoms with Crippen LogP contribution in [0.5, 0.6) is 5.75 Å². The maximum absolute atomic E-state index is 11.8. The molecule has 22 heavy (non-hydrogen) atoms. The Labute approximate surface area is 130 Å². The molecule has 2 rings (SSSR count). The topological polar surface area (TPSA) is 64.1 Å². The molecule has 0 atom stereocenters. The highest BCUT2D eigenvalue weighted by molar-refractivity contribution is 5.90. The lowest BCUT2D eigenvalue weighted by atomic mass is 10.1. The van der Waals surface area contributed by atoms with Gasteiger partial charge in [0.25, 0.3) is 0 Å². The SMILES string of the molecule is COc1ccc(-c2cnc(NC(=O)CC(C)C)c(C)n2)cc1. The van der Waals surface area contributed by atoms with E-state index in [0.717, 1.165) is 17.0 Å². The Hall–Kier alpha value is -2.43. The van der Waals surface area contributed by atoms with Crippen LogP contribution in [0.3, 0.4) is 0 Å². The number of methoxy groups -OCH3 is 1. The Morgan fingerprint density at radius 1 is 1.27 bits per heavy atom. The summed E-state index contributed by atoms with van der Waals surface area (Å²) in [7, 11) is 1.63. The molecule has 1 amide bonds. The Morgan fingerprint density at radius 3 is 2.50 bits per heavy atom. The van der Waals surface area contributed by atoms with Crippen LogP contribution in [0.15, 0.2) is 30.5 Å². The summed E-state index contributed by atoms with van der Waals surface area (Å²) in [5, 5.41) is 2.81. The van der Waals surface area contributed by atoms with Gasteiger partial charge >= 0.3 is 0 Å². The van der Waals surface area contributed by atoms with Crippen molar-refractivity contribution >= 4 is 11.7 Å². The van der Waals surface area contributed by atoms with E-state index in [1.807, 2.05) is 45.0 Å². The smallest absolute Gasteiger partial charge is 0.225 e. The van der Waals surface area contributed by atoms with Crippen molar-refractivity contribution in [2.45, 2.75) is 27.2 Å². The average molecular weight is 299 g/mol. The van der Waals surface area contributed by atoms with E-state index in [1.54, 1.807) is 13.3 Å². The van der Waals surface area contributed by atoms with Crippen LogP contribution in [0.4, 0.5) is 5.82 Å². The molecule has 0 bridgehead atoms. The molecule has 5 nitrogen and oxygen atoms in total. The van der Waals surface area contributed by atoms with E-state index in [0.29, 0.717) is 23.9 Å². The highest BCUT2D eigenvalue weighted by Crippen LogP contribution is 2.22. The lowest BCUT2D eigenvalue weighted by Crippen LogP contribution is -2.16. The lowest BCUT2D eigenvalue weighted by Gasteiger charge is -2.10. The molecule has 0 unspecified atom stereocenters. The third-order valence-electron chi connectivity index (χ3n) is 3.18. The summed E-state index contributed by atoms with van der Waals surface area (Å²) >= 11 is 0. The van der Waals surface area contributed by atoms with Crippen molar-refractivity contribution in [3.05, 3.63) is 36.2 Å². The second kappa shape index (κ2) is 7.02. The van der Waals surface area contributed by atoms with Gasteiger partial charge in [0, 0.05) is 12.0 Å². The number of hydrogen-bond acceptors (Lipinski definition) is 4. The van der Waals surface area contributed by atoms with E-state index in [2.05, 4.69) is 15.3 Å². The van der Waals surface area contributed by atoms with Crippen molar-refractivity contribution < 1.29 is 9.53 Å². The Kier molecular flexibility index (Phi) is 5.09. The number of anilines is 1. The molecule has 1 aromatic heterocycles. The molecular formula is C17H21N3O2. The molecule has 0 aliphatic carbocycles. The Balaban J connectivity index is 2.16. The van der Waals surface area contributed by atoms with Crippen LogP contribution in [-0.2, 0) is 4.79 Å². The lowest BCUT2D eigenvalue weighted by molar-refractivity contribution is -0.116. The number of benzene rings is 1. The van der Waals surface area contributed by atoms with Crippen molar-refractivity contribution in [2.75, 3.05) is 12.4 Å². The van der Waals surface area contributed by atoms with Gasteiger partial charge < -0.3 is 10.1 Å². The minimum atomic E-state index is -0.0374. The molecule has 0 aliphatic heterocycles. The molecule has 1 heterocycles. The highest BCUT2D eigenvalue weighted by Gasteiger charge is 2.10. The monoisotopic (exact) mass is 299 g/mol. The third-order valence-corrected chi connectivity index (χ3v) is 3.18. The van der Waals surface area contributed by atoms with Crippen LogP contribution >= 0.6 is 0 Å². The summed E-state index contributed by atoms with van der Waals surface area (Å²) in [6.45, 7) is 5.85. The van der Waals surface area contributed by atoms with Crippen LogP contribution in [0.25, 0.3) is 11.3 Å². The first-order chi connectivity index (χ1) is 10.5. The molecule has 0 spiro atoms. The normalized spacial score (nSPS) is 10.6. The summed E-state index contributed by atoms with van der Waals surface area (Å²) < 4.78 is 5.14. The number of amides is 1. The maximum Gasteiger partial charge on any atom is 0.225 e. The quantitative estimate of drug-likeness (QED) is 0.918. The summed E-state index contributed by atoms with van der Waals surface area (Å²) in [5.41, 5.74) is 2.42. The number of aromatic nitrogens is 2. The van der Waals surface area contributed by atoms with E-state index >= 15 is 0 Å². The predicted molar refractivity (Wildman–Crippen MR) is 86.8 cm³/mol. The number of carbonyl (C=O) groups is 1. The largest absolute Gasteiger partial charge is 0.497 e. The van der Waals surface area contributed by atoms with Crippen LogP contribution in [0, 0.1) is 12.8 Å². The van der Waals surface area contributed by atoms with Gasteiger partial charge in [0.1, 0.15) is 5.75 Å². The van der Waals surface area contributed by atoms with Gasteiger partial charge in [-0.1, -0.05) is 13.8 Å². The van der Waals surface area contributed by atoms with Gasteiger partial charge in [0.15, 0.2) is 5.82 Å². The van der Waals surface area contributed by atoms with Gasteiger partial charge in [-0.3, -0.25) is 4.79 Å². The first-order valence-electron chi connectivity index (χ1n) is 7.27. The van der Waals surface area contributed by atoms with Gasteiger partial charge in [-0.2, -0.15) is 0 Å². The van der Waals surface area contributed by atoms with Crippen LogP contribution in [0.1, 0.15) is 26.0 Å². The minimum absolute atomic E-state index is 0.0374. The fourth-order valence-corrected chi connectivity index (χ4v) is 2.06. The van der Waals surface area contributed by atoms with Gasteiger partial charge in [0.05, 0.1) is 24.7 Å². The minimum Gasteiger partial charge on any atom is -0.497 e. The van der Waals surface area contributed by atoms with E-state index in [1.165, 1.54) is 0 Å². The molecule has 116 valence electrons. The standard InChI is InChI=1S/C17H21N3O2/c1-11(2)9-16(21)20-17-12(3)19-15(10-18-17)13-5-7-14(22-4)8-6-13/h5-8,10-11H,9H2,1-4H3,(H,18,20,21). The number of carbonyl (C=O) groups excluding carboxylic acids is 1. The van der Waals surface area contributed by atoms with E-state index in [-0.39, 0.29) is 5.91 Å². The second-order valence-corrected chi connectivity index (χ2v) is 5.56. The van der Waals surface area contributed by atoms with Crippen LogP contribution in [0.2, 0.25) is 0 Å². The molecule has 0 radical (unpaired) electrons. The Bertz CT molecular complexity index is 651. The van der Waals surface area contributed by atoms with Crippen molar-refractivity contribution in [2.24, 2.45) is 5.92 Å². The van der Waals surface area contributed by atoms with E-state index < -0.39 is 0 Å². The number of nitrogens with one attached hydrogen (secondary N) is 1. The summed E-state index contributed by atoms with van der Waals surface area (Å²) in [6, 6.07) is 7.62. The zero-order chi connectivity index (χ0) is 16.1. The second-order valence-electron chi connectivity index (χ2n) is 5.56. The first-order valence-corrected chi connectivity index (χ1v) is 7.27. The van der Waals surface area contributed by atoms with Crippen molar-refractivity contribution in [3.63, 3.8) is 0 Å². The van der Waals surface area contributed by atoms with Gasteiger partial charge in [-0.15, -0.1) is 0 Å². The number of nitrogens with zero attached hydrogens (tertiary/aromatic N) is 2. The van der Waals surface area contributed by atoms with Gasteiger partial charge in [0.2, 0.25) is 5.91 Å². The molecule has 1 aromatic carbocycles. The van der Waals surface area contributed by atoms with Crippen LogP contribution in [-0.4, -0.2) is 23.0 Å². The molecule has 0 saturated heterocycles. The van der Waals surface area contributed by atoms with Crippen molar-refractivity contribution in [1.29, 1.82) is 0 Å². The first kappa shape index (κ1) is 15.9. The average Bonchev–Trinajstić information content (AvgIpc) is 2.48. The number of aryl methyl sites for hydroxylation is 1. The molecule has 0 fully saturated rings. The van der Waals surface area contributed by atoms with Crippen molar-refractivity contribution in [1.82, 2.24) is 9.97 Å². The summed E-state index contributed by atoms with van der Waals surface area (Å²) in [6.07, 6.45) is 2.14.